The van der Waals surface area contributed by atoms with Crippen molar-refractivity contribution in [1.29, 1.82) is 0 Å². The maximum atomic E-state index is 13.0. The zero-order chi connectivity index (χ0) is 21.3. The molecule has 0 aliphatic carbocycles. The molecule has 29 heavy (non-hydrogen) atoms. The SMILES string of the molecule is Cn1c(=O)c2c(ncn2CC(=O)NN=Cc2ccccc2C(F)(F)F)n(C)c1=O. The van der Waals surface area contributed by atoms with Crippen LogP contribution in [0.2, 0.25) is 0 Å². The third-order valence-electron chi connectivity index (χ3n) is 4.19. The van der Waals surface area contributed by atoms with E-state index in [1.54, 1.807) is 0 Å². The van der Waals surface area contributed by atoms with E-state index >= 15 is 0 Å². The topological polar surface area (TPSA) is 103 Å². The molecule has 1 N–H and O–H groups in total. The van der Waals surface area contributed by atoms with Crippen molar-refractivity contribution in [3.63, 3.8) is 0 Å². The Morgan fingerprint density at radius 3 is 2.59 bits per heavy atom. The molecule has 0 saturated carbocycles. The highest BCUT2D eigenvalue weighted by Gasteiger charge is 2.32. The van der Waals surface area contributed by atoms with Crippen LogP contribution < -0.4 is 16.7 Å². The first-order valence-corrected chi connectivity index (χ1v) is 8.20. The van der Waals surface area contributed by atoms with Crippen LogP contribution in [0, 0.1) is 0 Å². The van der Waals surface area contributed by atoms with Crippen molar-refractivity contribution in [2.45, 2.75) is 12.7 Å². The Hall–Kier alpha value is -3.70. The quantitative estimate of drug-likeness (QED) is 0.504. The summed E-state index contributed by atoms with van der Waals surface area (Å²) in [5.41, 5.74) is -0.0371. The number of aryl methyl sites for hydroxylation is 1. The number of hydrogen-bond donors (Lipinski definition) is 1. The number of fused-ring (bicyclic) bond motifs is 1. The number of benzene rings is 1. The molecule has 0 saturated heterocycles. The van der Waals surface area contributed by atoms with E-state index in [4.69, 9.17) is 0 Å². The summed E-state index contributed by atoms with van der Waals surface area (Å²) >= 11 is 0. The van der Waals surface area contributed by atoms with E-state index in [9.17, 15) is 27.6 Å². The Kier molecular flexibility index (Phi) is 5.10. The van der Waals surface area contributed by atoms with E-state index in [-0.39, 0.29) is 23.3 Å². The molecule has 0 spiro atoms. The fourth-order valence-corrected chi connectivity index (χ4v) is 2.75. The van der Waals surface area contributed by atoms with Crippen LogP contribution >= 0.6 is 0 Å². The molecule has 0 fully saturated rings. The van der Waals surface area contributed by atoms with E-state index in [0.29, 0.717) is 0 Å². The van der Waals surface area contributed by atoms with Crippen LogP contribution in [-0.4, -0.2) is 30.8 Å². The molecule has 152 valence electrons. The standard InChI is InChI=1S/C17H15F3N6O3/c1-24-14-13(15(28)25(2)16(24)29)26(9-21-14)8-12(27)23-22-7-10-5-3-4-6-11(10)17(18,19)20/h3-7,9H,8H2,1-2H3,(H,23,27). The molecule has 0 aliphatic rings. The summed E-state index contributed by atoms with van der Waals surface area (Å²) in [7, 11) is 2.73. The van der Waals surface area contributed by atoms with Crippen molar-refractivity contribution in [1.82, 2.24) is 24.1 Å². The summed E-state index contributed by atoms with van der Waals surface area (Å²) in [6, 6.07) is 4.78. The lowest BCUT2D eigenvalue weighted by molar-refractivity contribution is -0.137. The molecular weight excluding hydrogens is 393 g/mol. The monoisotopic (exact) mass is 408 g/mol. The molecule has 1 aromatic carbocycles. The van der Waals surface area contributed by atoms with E-state index < -0.39 is 28.9 Å². The number of carbonyl (C=O) groups is 1. The lowest BCUT2D eigenvalue weighted by atomic mass is 10.1. The zero-order valence-electron chi connectivity index (χ0n) is 15.3. The van der Waals surface area contributed by atoms with Crippen molar-refractivity contribution in [3.05, 3.63) is 62.6 Å². The van der Waals surface area contributed by atoms with Crippen LogP contribution in [0.1, 0.15) is 11.1 Å². The Bertz CT molecular complexity index is 1240. The van der Waals surface area contributed by atoms with E-state index in [1.165, 1.54) is 43.2 Å². The Labute approximate surface area is 160 Å². The second-order valence-electron chi connectivity index (χ2n) is 6.13. The van der Waals surface area contributed by atoms with E-state index in [0.717, 1.165) is 21.4 Å². The number of carbonyl (C=O) groups excluding carboxylic acids is 1. The van der Waals surface area contributed by atoms with Gasteiger partial charge in [-0.15, -0.1) is 0 Å². The summed E-state index contributed by atoms with van der Waals surface area (Å²) < 4.78 is 42.1. The number of imidazole rings is 1. The maximum Gasteiger partial charge on any atom is 0.417 e. The van der Waals surface area contributed by atoms with Gasteiger partial charge >= 0.3 is 11.9 Å². The van der Waals surface area contributed by atoms with Crippen LogP contribution in [0.3, 0.4) is 0 Å². The lowest BCUT2D eigenvalue weighted by Gasteiger charge is -2.09. The van der Waals surface area contributed by atoms with Gasteiger partial charge in [-0.3, -0.25) is 18.7 Å². The number of aromatic nitrogens is 4. The highest BCUT2D eigenvalue weighted by molar-refractivity contribution is 5.84. The van der Waals surface area contributed by atoms with Crippen molar-refractivity contribution in [3.8, 4) is 0 Å². The summed E-state index contributed by atoms with van der Waals surface area (Å²) in [6.45, 7) is -0.373. The van der Waals surface area contributed by atoms with Gasteiger partial charge in [0.1, 0.15) is 6.54 Å². The Morgan fingerprint density at radius 2 is 1.90 bits per heavy atom. The van der Waals surface area contributed by atoms with Crippen molar-refractivity contribution in [2.75, 3.05) is 0 Å². The molecule has 3 rings (SSSR count). The van der Waals surface area contributed by atoms with Gasteiger partial charge in [-0.05, 0) is 6.07 Å². The summed E-state index contributed by atoms with van der Waals surface area (Å²) in [6.07, 6.45) is -2.46. The van der Waals surface area contributed by atoms with Gasteiger partial charge in [0.15, 0.2) is 11.2 Å². The molecule has 2 aromatic heterocycles. The molecule has 9 nitrogen and oxygen atoms in total. The van der Waals surface area contributed by atoms with Gasteiger partial charge in [0.05, 0.1) is 18.1 Å². The van der Waals surface area contributed by atoms with Crippen molar-refractivity contribution in [2.24, 2.45) is 19.2 Å². The first kappa shape index (κ1) is 20.0. The minimum Gasteiger partial charge on any atom is -0.315 e. The summed E-state index contributed by atoms with van der Waals surface area (Å²) in [5, 5.41) is 3.55. The molecule has 0 radical (unpaired) electrons. The minimum absolute atomic E-state index is 0.0381. The Morgan fingerprint density at radius 1 is 1.21 bits per heavy atom. The first-order chi connectivity index (χ1) is 13.6. The largest absolute Gasteiger partial charge is 0.417 e. The van der Waals surface area contributed by atoms with Gasteiger partial charge in [0.25, 0.3) is 11.5 Å². The summed E-state index contributed by atoms with van der Waals surface area (Å²) in [4.78, 5) is 40.3. The van der Waals surface area contributed by atoms with Crippen molar-refractivity contribution >= 4 is 23.3 Å². The van der Waals surface area contributed by atoms with Gasteiger partial charge in [-0.1, -0.05) is 18.2 Å². The number of alkyl halides is 3. The van der Waals surface area contributed by atoms with Gasteiger partial charge < -0.3 is 4.57 Å². The van der Waals surface area contributed by atoms with Crippen LogP contribution in [0.5, 0.6) is 0 Å². The third-order valence-corrected chi connectivity index (χ3v) is 4.19. The van der Waals surface area contributed by atoms with Crippen molar-refractivity contribution < 1.29 is 18.0 Å². The molecule has 0 atom stereocenters. The average Bonchev–Trinajstić information content (AvgIpc) is 3.08. The second kappa shape index (κ2) is 7.37. The normalized spacial score (nSPS) is 12.0. The van der Waals surface area contributed by atoms with Crippen LogP contribution in [0.4, 0.5) is 13.2 Å². The third kappa shape index (κ3) is 3.81. The predicted molar refractivity (Wildman–Crippen MR) is 97.4 cm³/mol. The lowest BCUT2D eigenvalue weighted by Crippen LogP contribution is -2.38. The molecule has 12 heteroatoms. The Balaban J connectivity index is 1.81. The highest BCUT2D eigenvalue weighted by Crippen LogP contribution is 2.30. The maximum absolute atomic E-state index is 13.0. The number of hydrogen-bond acceptors (Lipinski definition) is 5. The predicted octanol–water partition coefficient (Wildman–Crippen LogP) is 0.603. The van der Waals surface area contributed by atoms with Crippen LogP contribution in [-0.2, 0) is 31.6 Å². The highest BCUT2D eigenvalue weighted by atomic mass is 19.4. The van der Waals surface area contributed by atoms with Gasteiger partial charge in [0, 0.05) is 19.7 Å². The van der Waals surface area contributed by atoms with Gasteiger partial charge in [-0.2, -0.15) is 18.3 Å². The van der Waals surface area contributed by atoms with Crippen LogP contribution in [0.25, 0.3) is 11.2 Å². The fraction of sp³-hybridized carbons (Fsp3) is 0.235. The molecule has 1 amide bonds. The first-order valence-electron chi connectivity index (χ1n) is 8.20. The van der Waals surface area contributed by atoms with E-state index in [2.05, 4.69) is 15.5 Å². The summed E-state index contributed by atoms with van der Waals surface area (Å²) in [5.74, 6) is -0.694. The number of nitrogens with zero attached hydrogens (tertiary/aromatic N) is 5. The molecule has 3 aromatic rings. The zero-order valence-corrected chi connectivity index (χ0v) is 15.3. The fourth-order valence-electron chi connectivity index (χ4n) is 2.75. The number of rotatable bonds is 4. The number of amides is 1. The van der Waals surface area contributed by atoms with E-state index in [1.807, 2.05) is 0 Å². The number of nitrogens with one attached hydrogen (secondary N) is 1. The minimum atomic E-state index is -4.56. The number of hydrazone groups is 1. The van der Waals surface area contributed by atoms with Gasteiger partial charge in [0.2, 0.25) is 0 Å². The number of halogens is 3. The molecular formula is C17H15F3N6O3. The second-order valence-corrected chi connectivity index (χ2v) is 6.13. The molecule has 0 unspecified atom stereocenters. The van der Waals surface area contributed by atoms with Gasteiger partial charge in [-0.25, -0.2) is 15.2 Å². The molecule has 0 aliphatic heterocycles. The average molecular weight is 408 g/mol. The molecule has 2 heterocycles. The van der Waals surface area contributed by atoms with Crippen LogP contribution in [0.15, 0.2) is 45.3 Å². The smallest absolute Gasteiger partial charge is 0.315 e. The molecule has 0 bridgehead atoms.